The Morgan fingerprint density at radius 1 is 1.59 bits per heavy atom. The highest BCUT2D eigenvalue weighted by Crippen LogP contribution is 2.16. The van der Waals surface area contributed by atoms with E-state index in [9.17, 15) is 9.18 Å². The van der Waals surface area contributed by atoms with Crippen LogP contribution in [-0.4, -0.2) is 12.5 Å². The van der Waals surface area contributed by atoms with E-state index in [1.165, 1.54) is 6.07 Å². The van der Waals surface area contributed by atoms with E-state index in [4.69, 9.17) is 5.73 Å². The lowest BCUT2D eigenvalue weighted by Gasteiger charge is -2.10. The molecular formula is C11H15BrClFN2O. The maximum absolute atomic E-state index is 13.1. The summed E-state index contributed by atoms with van der Waals surface area (Å²) in [5, 5.41) is 2.70. The number of hydrogen-bond donors (Lipinski definition) is 2. The number of amides is 1. The fraction of sp³-hybridized carbons (Fsp3) is 0.364. The molecule has 1 unspecified atom stereocenters. The first-order valence-corrected chi connectivity index (χ1v) is 5.75. The van der Waals surface area contributed by atoms with E-state index in [1.807, 2.05) is 0 Å². The minimum absolute atomic E-state index is 0. The molecule has 0 saturated heterocycles. The maximum atomic E-state index is 13.1. The van der Waals surface area contributed by atoms with E-state index in [2.05, 4.69) is 21.2 Å². The predicted molar refractivity (Wildman–Crippen MR) is 71.4 cm³/mol. The van der Waals surface area contributed by atoms with Crippen LogP contribution >= 0.6 is 28.3 Å². The minimum atomic E-state index is -0.335. The van der Waals surface area contributed by atoms with E-state index in [0.29, 0.717) is 17.6 Å². The highest BCUT2D eigenvalue weighted by molar-refractivity contribution is 9.10. The van der Waals surface area contributed by atoms with Crippen LogP contribution in [0.15, 0.2) is 22.7 Å². The number of nitrogens with one attached hydrogen (secondary N) is 1. The molecule has 3 nitrogen and oxygen atoms in total. The van der Waals surface area contributed by atoms with E-state index < -0.39 is 0 Å². The second-order valence-electron chi connectivity index (χ2n) is 3.60. The zero-order chi connectivity index (χ0) is 12.1. The smallest absolute Gasteiger partial charge is 0.224 e. The van der Waals surface area contributed by atoms with Gasteiger partial charge >= 0.3 is 0 Å². The van der Waals surface area contributed by atoms with Crippen molar-refractivity contribution in [2.24, 2.45) is 11.7 Å². The second-order valence-corrected chi connectivity index (χ2v) is 4.46. The number of carbonyl (C=O) groups is 1. The van der Waals surface area contributed by atoms with Gasteiger partial charge in [-0.15, -0.1) is 12.4 Å². The van der Waals surface area contributed by atoms with Crippen molar-refractivity contribution < 1.29 is 9.18 Å². The first-order chi connectivity index (χ1) is 7.54. The van der Waals surface area contributed by atoms with Crippen molar-refractivity contribution in [3.8, 4) is 0 Å². The Morgan fingerprint density at radius 3 is 2.76 bits per heavy atom. The number of rotatable bonds is 4. The highest BCUT2D eigenvalue weighted by Gasteiger charge is 2.10. The molecular weight excluding hydrogens is 310 g/mol. The van der Waals surface area contributed by atoms with Crippen molar-refractivity contribution in [1.82, 2.24) is 5.32 Å². The van der Waals surface area contributed by atoms with Crippen molar-refractivity contribution in [2.75, 3.05) is 6.54 Å². The van der Waals surface area contributed by atoms with Gasteiger partial charge in [-0.2, -0.15) is 0 Å². The van der Waals surface area contributed by atoms with Crippen LogP contribution in [0.4, 0.5) is 4.39 Å². The Hall–Kier alpha value is -0.650. The molecule has 0 heterocycles. The lowest BCUT2D eigenvalue weighted by Crippen LogP contribution is -2.32. The summed E-state index contributed by atoms with van der Waals surface area (Å²) in [6, 6.07) is 4.75. The van der Waals surface area contributed by atoms with Crippen molar-refractivity contribution >= 4 is 34.2 Å². The monoisotopic (exact) mass is 324 g/mol. The number of carbonyl (C=O) groups excluding carboxylic acids is 1. The van der Waals surface area contributed by atoms with Crippen LogP contribution < -0.4 is 11.1 Å². The molecule has 0 aromatic heterocycles. The van der Waals surface area contributed by atoms with Crippen LogP contribution in [0.1, 0.15) is 12.5 Å². The third kappa shape index (κ3) is 5.02. The summed E-state index contributed by atoms with van der Waals surface area (Å²) in [5.41, 5.74) is 6.08. The van der Waals surface area contributed by atoms with Crippen LogP contribution in [0, 0.1) is 11.7 Å². The second kappa shape index (κ2) is 7.63. The van der Waals surface area contributed by atoms with Crippen molar-refractivity contribution in [3.05, 3.63) is 34.1 Å². The van der Waals surface area contributed by atoms with Gasteiger partial charge in [-0.25, -0.2) is 4.39 Å². The molecule has 1 rings (SSSR count). The average Bonchev–Trinajstić information content (AvgIpc) is 2.29. The number of hydrogen-bond acceptors (Lipinski definition) is 2. The van der Waals surface area contributed by atoms with E-state index in [-0.39, 0.29) is 30.0 Å². The molecule has 6 heteroatoms. The third-order valence-corrected chi connectivity index (χ3v) is 2.90. The van der Waals surface area contributed by atoms with Gasteiger partial charge < -0.3 is 11.1 Å². The normalized spacial score (nSPS) is 11.5. The van der Waals surface area contributed by atoms with Gasteiger partial charge in [-0.3, -0.25) is 4.79 Å². The molecule has 1 aromatic carbocycles. The molecule has 1 aromatic rings. The summed E-state index contributed by atoms with van der Waals surface area (Å²) in [6.07, 6.45) is 0. The lowest BCUT2D eigenvalue weighted by molar-refractivity contribution is -0.124. The van der Waals surface area contributed by atoms with Gasteiger partial charge in [-0.1, -0.05) is 13.0 Å². The van der Waals surface area contributed by atoms with Crippen LogP contribution in [0.25, 0.3) is 0 Å². The first-order valence-electron chi connectivity index (χ1n) is 4.96. The lowest BCUT2D eigenvalue weighted by atomic mass is 10.1. The van der Waals surface area contributed by atoms with Crippen LogP contribution in [0.5, 0.6) is 0 Å². The van der Waals surface area contributed by atoms with Gasteiger partial charge in [0.25, 0.3) is 0 Å². The van der Waals surface area contributed by atoms with Gasteiger partial charge in [0.2, 0.25) is 5.91 Å². The maximum Gasteiger partial charge on any atom is 0.224 e. The van der Waals surface area contributed by atoms with E-state index in [0.717, 1.165) is 5.56 Å². The predicted octanol–water partition coefficient (Wildman–Crippen LogP) is 2.22. The molecule has 0 bridgehead atoms. The highest BCUT2D eigenvalue weighted by atomic mass is 79.9. The SMILES string of the molecule is CC(CN)C(=O)NCc1ccc(Br)c(F)c1.Cl. The molecule has 3 N–H and O–H groups in total. The van der Waals surface area contributed by atoms with E-state index >= 15 is 0 Å². The number of halogens is 3. The van der Waals surface area contributed by atoms with E-state index in [1.54, 1.807) is 19.1 Å². The number of benzene rings is 1. The Bertz CT molecular complexity index is 390. The molecule has 17 heavy (non-hydrogen) atoms. The summed E-state index contributed by atoms with van der Waals surface area (Å²) in [6.45, 7) is 2.37. The molecule has 0 aliphatic heterocycles. The zero-order valence-electron chi connectivity index (χ0n) is 9.37. The largest absolute Gasteiger partial charge is 0.352 e. The van der Waals surface area contributed by atoms with Gasteiger partial charge in [0, 0.05) is 19.0 Å². The molecule has 1 atom stereocenters. The van der Waals surface area contributed by atoms with Crippen molar-refractivity contribution in [1.29, 1.82) is 0 Å². The van der Waals surface area contributed by atoms with Gasteiger partial charge in [0.1, 0.15) is 5.82 Å². The van der Waals surface area contributed by atoms with Crippen LogP contribution in [0.2, 0.25) is 0 Å². The van der Waals surface area contributed by atoms with Crippen LogP contribution in [-0.2, 0) is 11.3 Å². The molecule has 96 valence electrons. The van der Waals surface area contributed by atoms with Gasteiger partial charge in [0.15, 0.2) is 0 Å². The van der Waals surface area contributed by atoms with Crippen molar-refractivity contribution in [2.45, 2.75) is 13.5 Å². The third-order valence-electron chi connectivity index (χ3n) is 2.25. The Kier molecular flexibility index (Phi) is 7.34. The fourth-order valence-electron chi connectivity index (χ4n) is 1.12. The molecule has 0 aliphatic rings. The van der Waals surface area contributed by atoms with Gasteiger partial charge in [0.05, 0.1) is 4.47 Å². The molecule has 0 spiro atoms. The quantitative estimate of drug-likeness (QED) is 0.892. The fourth-order valence-corrected chi connectivity index (χ4v) is 1.37. The standard InChI is InChI=1S/C11H14BrFN2O.ClH/c1-7(5-14)11(16)15-6-8-2-3-9(12)10(13)4-8;/h2-4,7H,5-6,14H2,1H3,(H,15,16);1H. The summed E-state index contributed by atoms with van der Waals surface area (Å²) >= 11 is 3.06. The first kappa shape index (κ1) is 16.4. The topological polar surface area (TPSA) is 55.1 Å². The van der Waals surface area contributed by atoms with Gasteiger partial charge in [-0.05, 0) is 33.6 Å². The Labute approximate surface area is 114 Å². The zero-order valence-corrected chi connectivity index (χ0v) is 11.8. The summed E-state index contributed by atoms with van der Waals surface area (Å²) < 4.78 is 13.6. The summed E-state index contributed by atoms with van der Waals surface area (Å²) in [5.74, 6) is -0.676. The van der Waals surface area contributed by atoms with Crippen LogP contribution in [0.3, 0.4) is 0 Å². The summed E-state index contributed by atoms with van der Waals surface area (Å²) in [7, 11) is 0. The molecule has 0 saturated carbocycles. The Balaban J connectivity index is 0.00000256. The average molecular weight is 326 g/mol. The minimum Gasteiger partial charge on any atom is -0.352 e. The molecule has 1 amide bonds. The Morgan fingerprint density at radius 2 is 2.24 bits per heavy atom. The van der Waals surface area contributed by atoms with Crippen molar-refractivity contribution in [3.63, 3.8) is 0 Å². The summed E-state index contributed by atoms with van der Waals surface area (Å²) in [4.78, 5) is 11.4. The molecule has 0 radical (unpaired) electrons. The molecule has 0 fully saturated rings. The number of nitrogens with two attached hydrogens (primary N) is 1. The molecule has 0 aliphatic carbocycles.